The lowest BCUT2D eigenvalue weighted by Gasteiger charge is -2.25. The number of thioether (sulfide) groups is 1. The summed E-state index contributed by atoms with van der Waals surface area (Å²) in [5.74, 6) is -0.104. The second-order valence-corrected chi connectivity index (χ2v) is 6.67. The molecule has 0 aliphatic heterocycles. The highest BCUT2D eigenvalue weighted by molar-refractivity contribution is 7.98. The third-order valence-electron chi connectivity index (χ3n) is 2.51. The highest BCUT2D eigenvalue weighted by atomic mass is 32.2. The number of aliphatic hydroxyl groups excluding tert-OH is 1. The van der Waals surface area contributed by atoms with E-state index in [1.165, 1.54) is 11.3 Å². The Balaban J connectivity index is 2.57. The van der Waals surface area contributed by atoms with Crippen LogP contribution in [0.25, 0.3) is 0 Å². The molecule has 3 nitrogen and oxygen atoms in total. The molecular weight excluding hydrogens is 254 g/mol. The molecule has 1 aromatic heterocycles. The molecule has 17 heavy (non-hydrogen) atoms. The van der Waals surface area contributed by atoms with Crippen molar-refractivity contribution in [3.05, 3.63) is 16.3 Å². The summed E-state index contributed by atoms with van der Waals surface area (Å²) in [6, 6.07) is 1.93. The van der Waals surface area contributed by atoms with Gasteiger partial charge in [-0.2, -0.15) is 0 Å². The summed E-state index contributed by atoms with van der Waals surface area (Å²) in [6.45, 7) is 6.13. The van der Waals surface area contributed by atoms with Crippen molar-refractivity contribution in [1.82, 2.24) is 5.32 Å². The average Bonchev–Trinajstić information content (AvgIpc) is 2.71. The fraction of sp³-hybridized carbons (Fsp3) is 0.583. The molecule has 0 bridgehead atoms. The van der Waals surface area contributed by atoms with E-state index in [1.807, 2.05) is 38.5 Å². The SMILES string of the molecule is CSc1ccsc1C(=O)NCC(O)C(C)(C)C. The summed E-state index contributed by atoms with van der Waals surface area (Å²) in [4.78, 5) is 13.6. The van der Waals surface area contributed by atoms with Gasteiger partial charge in [0.15, 0.2) is 0 Å². The van der Waals surface area contributed by atoms with Crippen LogP contribution < -0.4 is 5.32 Å². The Bertz CT molecular complexity index is 382. The molecule has 5 heteroatoms. The lowest BCUT2D eigenvalue weighted by molar-refractivity contribution is 0.0587. The van der Waals surface area contributed by atoms with Crippen molar-refractivity contribution in [3.8, 4) is 0 Å². The monoisotopic (exact) mass is 273 g/mol. The molecule has 0 aliphatic carbocycles. The van der Waals surface area contributed by atoms with Crippen molar-refractivity contribution in [1.29, 1.82) is 0 Å². The van der Waals surface area contributed by atoms with E-state index < -0.39 is 6.10 Å². The van der Waals surface area contributed by atoms with Crippen molar-refractivity contribution < 1.29 is 9.90 Å². The predicted molar refractivity (Wildman–Crippen MR) is 73.9 cm³/mol. The molecule has 1 atom stereocenters. The van der Waals surface area contributed by atoms with Crippen LogP contribution in [0.1, 0.15) is 30.4 Å². The van der Waals surface area contributed by atoms with Gasteiger partial charge in [0.05, 0.1) is 6.10 Å². The zero-order valence-corrected chi connectivity index (χ0v) is 12.2. The van der Waals surface area contributed by atoms with Crippen molar-refractivity contribution in [3.63, 3.8) is 0 Å². The first kappa shape index (κ1) is 14.5. The molecule has 0 saturated carbocycles. The maximum absolute atomic E-state index is 11.9. The fourth-order valence-electron chi connectivity index (χ4n) is 1.20. The minimum Gasteiger partial charge on any atom is -0.391 e. The Labute approximate surface area is 111 Å². The van der Waals surface area contributed by atoms with Crippen molar-refractivity contribution in [2.75, 3.05) is 12.8 Å². The van der Waals surface area contributed by atoms with Gasteiger partial charge in [-0.15, -0.1) is 23.1 Å². The number of thiophene rings is 1. The average molecular weight is 273 g/mol. The van der Waals surface area contributed by atoms with Gasteiger partial charge in [-0.25, -0.2) is 0 Å². The molecule has 0 radical (unpaired) electrons. The van der Waals surface area contributed by atoms with Gasteiger partial charge in [-0.1, -0.05) is 20.8 Å². The van der Waals surface area contributed by atoms with E-state index in [0.717, 1.165) is 9.77 Å². The van der Waals surface area contributed by atoms with E-state index in [1.54, 1.807) is 11.8 Å². The maximum Gasteiger partial charge on any atom is 0.262 e. The topological polar surface area (TPSA) is 49.3 Å². The van der Waals surface area contributed by atoms with Crippen LogP contribution in [0.3, 0.4) is 0 Å². The van der Waals surface area contributed by atoms with Gasteiger partial charge in [0.1, 0.15) is 4.88 Å². The van der Waals surface area contributed by atoms with E-state index in [4.69, 9.17) is 0 Å². The number of carbonyl (C=O) groups is 1. The number of aliphatic hydroxyl groups is 1. The summed E-state index contributed by atoms with van der Waals surface area (Å²) in [7, 11) is 0. The molecule has 1 unspecified atom stereocenters. The van der Waals surface area contributed by atoms with E-state index in [0.29, 0.717) is 0 Å². The van der Waals surface area contributed by atoms with Crippen LogP contribution in [-0.2, 0) is 0 Å². The maximum atomic E-state index is 11.9. The molecule has 1 amide bonds. The molecule has 2 N–H and O–H groups in total. The highest BCUT2D eigenvalue weighted by Crippen LogP contribution is 2.25. The first-order valence-corrected chi connectivity index (χ1v) is 7.54. The van der Waals surface area contributed by atoms with Gasteiger partial charge in [0.2, 0.25) is 0 Å². The highest BCUT2D eigenvalue weighted by Gasteiger charge is 2.23. The zero-order chi connectivity index (χ0) is 13.1. The summed E-state index contributed by atoms with van der Waals surface area (Å²) < 4.78 is 0. The molecule has 0 aliphatic rings. The molecular formula is C12H19NO2S2. The molecule has 0 spiro atoms. The number of carbonyl (C=O) groups excluding carboxylic acids is 1. The van der Waals surface area contributed by atoms with Crippen molar-refractivity contribution in [2.45, 2.75) is 31.8 Å². The van der Waals surface area contributed by atoms with Crippen LogP contribution >= 0.6 is 23.1 Å². The number of nitrogens with one attached hydrogen (secondary N) is 1. The lowest BCUT2D eigenvalue weighted by atomic mass is 9.89. The van der Waals surface area contributed by atoms with Gasteiger partial charge in [0.25, 0.3) is 5.91 Å². The van der Waals surface area contributed by atoms with Crippen LogP contribution in [0.2, 0.25) is 0 Å². The first-order chi connectivity index (χ1) is 7.86. The zero-order valence-electron chi connectivity index (χ0n) is 10.6. The van der Waals surface area contributed by atoms with Crippen LogP contribution in [0.5, 0.6) is 0 Å². The molecule has 1 aromatic rings. The Morgan fingerprint density at radius 3 is 2.76 bits per heavy atom. The Hall–Kier alpha value is -0.520. The molecule has 96 valence electrons. The third kappa shape index (κ3) is 4.01. The molecule has 1 heterocycles. The van der Waals surface area contributed by atoms with Crippen LogP contribution in [0.15, 0.2) is 16.3 Å². The van der Waals surface area contributed by atoms with E-state index >= 15 is 0 Å². The quantitative estimate of drug-likeness (QED) is 0.829. The fourth-order valence-corrected chi connectivity index (χ4v) is 2.87. The predicted octanol–water partition coefficient (Wildman–Crippen LogP) is 2.61. The Morgan fingerprint density at radius 1 is 1.59 bits per heavy atom. The molecule has 0 saturated heterocycles. The Morgan fingerprint density at radius 2 is 2.24 bits per heavy atom. The molecule has 1 rings (SSSR count). The van der Waals surface area contributed by atoms with Gasteiger partial charge in [-0.05, 0) is 23.1 Å². The largest absolute Gasteiger partial charge is 0.391 e. The van der Waals surface area contributed by atoms with Crippen LogP contribution in [0, 0.1) is 5.41 Å². The number of rotatable bonds is 4. The van der Waals surface area contributed by atoms with Gasteiger partial charge in [-0.3, -0.25) is 4.79 Å². The van der Waals surface area contributed by atoms with E-state index in [-0.39, 0.29) is 17.9 Å². The lowest BCUT2D eigenvalue weighted by Crippen LogP contribution is -2.39. The molecule has 0 aromatic carbocycles. The second kappa shape index (κ2) is 5.89. The second-order valence-electron chi connectivity index (χ2n) is 4.91. The smallest absolute Gasteiger partial charge is 0.262 e. The normalized spacial score (nSPS) is 13.5. The first-order valence-electron chi connectivity index (χ1n) is 5.44. The molecule has 0 fully saturated rings. The van der Waals surface area contributed by atoms with Gasteiger partial charge in [0, 0.05) is 11.4 Å². The number of hydrogen-bond acceptors (Lipinski definition) is 4. The van der Waals surface area contributed by atoms with E-state index in [2.05, 4.69) is 5.32 Å². The number of amides is 1. The summed E-state index contributed by atoms with van der Waals surface area (Å²) in [5.41, 5.74) is -0.217. The van der Waals surface area contributed by atoms with Gasteiger partial charge < -0.3 is 10.4 Å². The summed E-state index contributed by atoms with van der Waals surface area (Å²) >= 11 is 2.98. The third-order valence-corrected chi connectivity index (χ3v) is 4.33. The summed E-state index contributed by atoms with van der Waals surface area (Å²) in [6.07, 6.45) is 1.41. The minimum atomic E-state index is -0.538. The Kier molecular flexibility index (Phi) is 5.04. The van der Waals surface area contributed by atoms with Crippen molar-refractivity contribution >= 4 is 29.0 Å². The number of hydrogen-bond donors (Lipinski definition) is 2. The standard InChI is InChI=1S/C12H19NO2S2/c1-12(2,3)9(14)7-13-11(15)10-8(16-4)5-6-17-10/h5-6,9,14H,7H2,1-4H3,(H,13,15). The summed E-state index contributed by atoms with van der Waals surface area (Å²) in [5, 5.41) is 14.5. The van der Waals surface area contributed by atoms with Gasteiger partial charge >= 0.3 is 0 Å². The minimum absolute atomic E-state index is 0.104. The van der Waals surface area contributed by atoms with Crippen LogP contribution in [0.4, 0.5) is 0 Å². The van der Waals surface area contributed by atoms with Crippen molar-refractivity contribution in [2.24, 2.45) is 5.41 Å². The van der Waals surface area contributed by atoms with E-state index in [9.17, 15) is 9.90 Å². The van der Waals surface area contributed by atoms with Crippen LogP contribution in [-0.4, -0.2) is 29.9 Å².